The highest BCUT2D eigenvalue weighted by molar-refractivity contribution is 8.09. The first-order valence-electron chi connectivity index (χ1n) is 8.27. The van der Waals surface area contributed by atoms with E-state index in [1.165, 1.54) is 14.2 Å². The van der Waals surface area contributed by atoms with E-state index in [-0.39, 0.29) is 18.8 Å². The molecule has 0 unspecified atom stereocenters. The van der Waals surface area contributed by atoms with Crippen LogP contribution in [0.25, 0.3) is 0 Å². The number of benzene rings is 1. The van der Waals surface area contributed by atoms with E-state index in [4.69, 9.17) is 29.1 Å². The van der Waals surface area contributed by atoms with Crippen LogP contribution in [0.4, 0.5) is 0 Å². The fourth-order valence-corrected chi connectivity index (χ4v) is 3.61. The number of esters is 1. The molecule has 0 N–H and O–H groups in total. The number of halogens is 1. The summed E-state index contributed by atoms with van der Waals surface area (Å²) in [5, 5.41) is 0. The summed E-state index contributed by atoms with van der Waals surface area (Å²) >= 11 is 0. The lowest BCUT2D eigenvalue weighted by molar-refractivity contribution is 0.0205. The van der Waals surface area contributed by atoms with Gasteiger partial charge in [-0.15, -0.1) is 0 Å². The van der Waals surface area contributed by atoms with Gasteiger partial charge in [0.05, 0.1) is 27.4 Å². The second kappa shape index (κ2) is 9.12. The SMILES string of the molecule is COc1cccc(OC)c1C(=O)OCC(C)(C)CC(C)(C)COS(=O)(=O)Cl. The molecule has 154 valence electrons. The molecular formula is C18H27ClO7S. The standard InChI is InChI=1S/C18H27ClO7S/c1-17(2,10-18(3,4)12-26-27(19,21)22)11-25-16(20)15-13(23-5)8-7-9-14(15)24-6/h7-9H,10-12H2,1-6H3. The molecule has 27 heavy (non-hydrogen) atoms. The van der Waals surface area contributed by atoms with Gasteiger partial charge in [-0.1, -0.05) is 33.8 Å². The first-order valence-corrected chi connectivity index (χ1v) is 10.5. The van der Waals surface area contributed by atoms with Crippen molar-refractivity contribution in [2.75, 3.05) is 27.4 Å². The average molecular weight is 423 g/mol. The maximum absolute atomic E-state index is 12.6. The zero-order valence-corrected chi connectivity index (χ0v) is 18.1. The van der Waals surface area contributed by atoms with Crippen molar-refractivity contribution in [1.82, 2.24) is 0 Å². The summed E-state index contributed by atoms with van der Waals surface area (Å²) in [7, 11) is 3.99. The van der Waals surface area contributed by atoms with Gasteiger partial charge in [0, 0.05) is 10.7 Å². The maximum atomic E-state index is 12.6. The largest absolute Gasteiger partial charge is 0.496 e. The lowest BCUT2D eigenvalue weighted by atomic mass is 9.76. The summed E-state index contributed by atoms with van der Waals surface area (Å²) in [5.74, 6) is 0.158. The molecule has 0 bridgehead atoms. The van der Waals surface area contributed by atoms with Crippen LogP contribution in [-0.4, -0.2) is 41.8 Å². The molecule has 9 heteroatoms. The van der Waals surface area contributed by atoms with Crippen LogP contribution in [0.3, 0.4) is 0 Å². The van der Waals surface area contributed by atoms with Crippen LogP contribution in [0.5, 0.6) is 11.5 Å². The van der Waals surface area contributed by atoms with Crippen LogP contribution < -0.4 is 9.47 Å². The highest BCUT2D eigenvalue weighted by Crippen LogP contribution is 2.36. The van der Waals surface area contributed by atoms with Crippen LogP contribution in [0.15, 0.2) is 18.2 Å². The normalized spacial score (nSPS) is 12.6. The third-order valence-corrected chi connectivity index (χ3v) is 4.44. The summed E-state index contributed by atoms with van der Waals surface area (Å²) < 4.78 is 42.6. The molecule has 0 aliphatic heterocycles. The van der Waals surface area contributed by atoms with Crippen molar-refractivity contribution in [1.29, 1.82) is 0 Å². The topological polar surface area (TPSA) is 88.1 Å². The van der Waals surface area contributed by atoms with E-state index in [9.17, 15) is 13.2 Å². The predicted molar refractivity (Wildman–Crippen MR) is 103 cm³/mol. The Kier molecular flexibility index (Phi) is 7.95. The zero-order chi connectivity index (χ0) is 20.9. The quantitative estimate of drug-likeness (QED) is 0.418. The lowest BCUT2D eigenvalue weighted by Gasteiger charge is -2.34. The van der Waals surface area contributed by atoms with E-state index >= 15 is 0 Å². The van der Waals surface area contributed by atoms with Crippen molar-refractivity contribution in [2.45, 2.75) is 34.1 Å². The zero-order valence-electron chi connectivity index (χ0n) is 16.5. The van der Waals surface area contributed by atoms with Crippen LogP contribution in [0.1, 0.15) is 44.5 Å². The van der Waals surface area contributed by atoms with Crippen LogP contribution in [0, 0.1) is 10.8 Å². The summed E-state index contributed by atoms with van der Waals surface area (Å²) in [6.45, 7) is 7.57. The van der Waals surface area contributed by atoms with Gasteiger partial charge >= 0.3 is 15.3 Å². The number of hydrogen-bond donors (Lipinski definition) is 0. The minimum Gasteiger partial charge on any atom is -0.496 e. The first kappa shape index (κ1) is 23.5. The van der Waals surface area contributed by atoms with Gasteiger partial charge in [-0.05, 0) is 29.4 Å². The summed E-state index contributed by atoms with van der Waals surface area (Å²) in [6.07, 6.45) is 0.531. The number of hydrogen-bond acceptors (Lipinski definition) is 7. The molecule has 0 aliphatic rings. The molecule has 1 aromatic carbocycles. The highest BCUT2D eigenvalue weighted by Gasteiger charge is 2.32. The molecule has 0 spiro atoms. The highest BCUT2D eigenvalue weighted by atomic mass is 35.7. The van der Waals surface area contributed by atoms with Crippen LogP contribution >= 0.6 is 10.7 Å². The molecule has 1 rings (SSSR count). The molecule has 0 saturated carbocycles. The minimum atomic E-state index is -4.03. The van der Waals surface area contributed by atoms with Gasteiger partial charge in [-0.3, -0.25) is 4.18 Å². The number of carbonyl (C=O) groups excluding carboxylic acids is 1. The number of carbonyl (C=O) groups is 1. The molecule has 0 amide bonds. The predicted octanol–water partition coefficient (Wildman–Crippen LogP) is 3.80. The smallest absolute Gasteiger partial charge is 0.355 e. The van der Waals surface area contributed by atoms with Crippen LogP contribution in [0.2, 0.25) is 0 Å². The van der Waals surface area contributed by atoms with Crippen molar-refractivity contribution in [3.63, 3.8) is 0 Å². The first-order chi connectivity index (χ1) is 12.3. The Morgan fingerprint density at radius 2 is 1.48 bits per heavy atom. The fourth-order valence-electron chi connectivity index (χ4n) is 3.01. The van der Waals surface area contributed by atoms with Gasteiger partial charge < -0.3 is 14.2 Å². The van der Waals surface area contributed by atoms with Crippen molar-refractivity contribution in [2.24, 2.45) is 10.8 Å². The van der Waals surface area contributed by atoms with E-state index < -0.39 is 26.1 Å². The van der Waals surface area contributed by atoms with Crippen molar-refractivity contribution >= 4 is 26.0 Å². The molecule has 0 aliphatic carbocycles. The third-order valence-electron chi connectivity index (χ3n) is 3.77. The van der Waals surface area contributed by atoms with Gasteiger partial charge in [-0.2, -0.15) is 8.42 Å². The van der Waals surface area contributed by atoms with E-state index in [2.05, 4.69) is 0 Å². The van der Waals surface area contributed by atoms with Crippen molar-refractivity contribution in [3.05, 3.63) is 23.8 Å². The van der Waals surface area contributed by atoms with Gasteiger partial charge in [0.1, 0.15) is 17.1 Å². The summed E-state index contributed by atoms with van der Waals surface area (Å²) in [4.78, 5) is 12.6. The second-order valence-electron chi connectivity index (χ2n) is 7.77. The molecule has 0 aromatic heterocycles. The molecule has 7 nitrogen and oxygen atoms in total. The molecule has 0 saturated heterocycles. The summed E-state index contributed by atoms with van der Waals surface area (Å²) in [6, 6.07) is 5.01. The average Bonchev–Trinajstić information content (AvgIpc) is 2.55. The van der Waals surface area contributed by atoms with E-state index in [1.807, 2.05) is 27.7 Å². The Labute approximate surface area is 165 Å². The summed E-state index contributed by atoms with van der Waals surface area (Å²) in [5.41, 5.74) is -0.720. The number of rotatable bonds is 10. The molecule has 0 fully saturated rings. The van der Waals surface area contributed by atoms with E-state index in [0.29, 0.717) is 17.9 Å². The van der Waals surface area contributed by atoms with Crippen molar-refractivity contribution < 1.29 is 31.6 Å². The Hall–Kier alpha value is -1.51. The third kappa shape index (κ3) is 7.94. The second-order valence-corrected chi connectivity index (χ2v) is 9.93. The van der Waals surface area contributed by atoms with Crippen molar-refractivity contribution in [3.8, 4) is 11.5 Å². The Morgan fingerprint density at radius 1 is 1.00 bits per heavy atom. The molecule has 0 radical (unpaired) electrons. The van der Waals surface area contributed by atoms with E-state index in [0.717, 1.165) is 0 Å². The minimum absolute atomic E-state index is 0.0729. The molecular weight excluding hydrogens is 396 g/mol. The van der Waals surface area contributed by atoms with Crippen LogP contribution in [-0.2, 0) is 18.3 Å². The maximum Gasteiger partial charge on any atom is 0.355 e. The van der Waals surface area contributed by atoms with E-state index in [1.54, 1.807) is 18.2 Å². The molecule has 0 atom stereocenters. The Bertz CT molecular complexity index is 735. The fraction of sp³-hybridized carbons (Fsp3) is 0.611. The lowest BCUT2D eigenvalue weighted by Crippen LogP contribution is -2.31. The number of ether oxygens (including phenoxy) is 3. The Balaban J connectivity index is 2.80. The van der Waals surface area contributed by atoms with Gasteiger partial charge in [0.25, 0.3) is 0 Å². The molecule has 1 aromatic rings. The monoisotopic (exact) mass is 422 g/mol. The molecule has 0 heterocycles. The van der Waals surface area contributed by atoms with Gasteiger partial charge in [0.15, 0.2) is 0 Å². The van der Waals surface area contributed by atoms with Gasteiger partial charge in [0.2, 0.25) is 0 Å². The number of methoxy groups -OCH3 is 2. The Morgan fingerprint density at radius 3 is 1.93 bits per heavy atom. The van der Waals surface area contributed by atoms with Gasteiger partial charge in [-0.25, -0.2) is 4.79 Å².